The SMILES string of the molecule is COc1nn(O)cc2cc(C(=O)NCc3ccc(Cl)c(Oc4cc(Cl)cc(C#N)c4)c3F)nc1-2.O=C(O)C(F)(F)F. The van der Waals surface area contributed by atoms with Crippen LogP contribution in [0.3, 0.4) is 0 Å². The zero-order chi connectivity index (χ0) is 30.5. The number of nitrogens with one attached hydrogen (secondary N) is 1. The van der Waals surface area contributed by atoms with Crippen LogP contribution in [0.2, 0.25) is 10.0 Å². The number of aromatic nitrogens is 3. The van der Waals surface area contributed by atoms with Crippen molar-refractivity contribution in [2.75, 3.05) is 7.11 Å². The molecule has 0 fully saturated rings. The summed E-state index contributed by atoms with van der Waals surface area (Å²) < 4.78 is 57.5. The molecule has 0 atom stereocenters. The van der Waals surface area contributed by atoms with Gasteiger partial charge in [0.05, 0.1) is 30.0 Å². The molecule has 0 unspecified atom stereocenters. The number of carboxylic acid groups (broad SMARTS) is 1. The van der Waals surface area contributed by atoms with E-state index in [9.17, 15) is 23.2 Å². The molecule has 1 amide bonds. The third kappa shape index (κ3) is 7.65. The summed E-state index contributed by atoms with van der Waals surface area (Å²) in [5.41, 5.74) is 1.06. The number of amides is 1. The Morgan fingerprint density at radius 1 is 1.20 bits per heavy atom. The van der Waals surface area contributed by atoms with E-state index >= 15 is 4.39 Å². The van der Waals surface area contributed by atoms with Gasteiger partial charge < -0.3 is 25.1 Å². The number of halogens is 6. The Morgan fingerprint density at radius 2 is 1.88 bits per heavy atom. The number of nitrogens with zero attached hydrogens (tertiary/aromatic N) is 4. The monoisotopic (exact) mass is 615 g/mol. The van der Waals surface area contributed by atoms with Crippen molar-refractivity contribution in [3.05, 3.63) is 75.3 Å². The van der Waals surface area contributed by atoms with Gasteiger partial charge in [0.1, 0.15) is 17.1 Å². The van der Waals surface area contributed by atoms with Gasteiger partial charge in [-0.05, 0) is 30.3 Å². The van der Waals surface area contributed by atoms with Crippen molar-refractivity contribution in [1.29, 1.82) is 5.26 Å². The lowest BCUT2D eigenvalue weighted by molar-refractivity contribution is -0.192. The largest absolute Gasteiger partial charge is 0.490 e. The number of ether oxygens (including phenoxy) is 2. The number of hydrogen-bond acceptors (Lipinski definition) is 8. The Kier molecular flexibility index (Phi) is 9.43. The number of fused-ring (bicyclic) bond motifs is 1. The van der Waals surface area contributed by atoms with E-state index in [0.717, 1.165) is 0 Å². The van der Waals surface area contributed by atoms with Crippen LogP contribution in [0.5, 0.6) is 17.4 Å². The van der Waals surface area contributed by atoms with Gasteiger partial charge in [0.15, 0.2) is 11.6 Å². The van der Waals surface area contributed by atoms with Crippen LogP contribution in [0.4, 0.5) is 17.6 Å². The van der Waals surface area contributed by atoms with Gasteiger partial charge in [-0.3, -0.25) is 4.79 Å². The third-order valence-corrected chi connectivity index (χ3v) is 5.42. The van der Waals surface area contributed by atoms with Crippen molar-refractivity contribution in [1.82, 2.24) is 20.2 Å². The minimum absolute atomic E-state index is 0.00749. The van der Waals surface area contributed by atoms with Crippen molar-refractivity contribution in [2.24, 2.45) is 0 Å². The first-order valence-corrected chi connectivity index (χ1v) is 11.6. The van der Waals surface area contributed by atoms with E-state index in [0.29, 0.717) is 10.4 Å². The molecule has 0 aliphatic carbocycles. The summed E-state index contributed by atoms with van der Waals surface area (Å²) in [6.45, 7) is -0.199. The molecule has 0 radical (unpaired) electrons. The molecule has 11 nitrogen and oxygen atoms in total. The van der Waals surface area contributed by atoms with Crippen LogP contribution in [0.15, 0.2) is 42.6 Å². The Morgan fingerprint density at radius 3 is 2.49 bits per heavy atom. The average Bonchev–Trinajstić information content (AvgIpc) is 3.33. The molecule has 4 rings (SSSR count). The molecule has 2 aliphatic heterocycles. The molecule has 0 aromatic heterocycles. The summed E-state index contributed by atoms with van der Waals surface area (Å²) >= 11 is 12.1. The Bertz CT molecular complexity index is 1620. The first-order chi connectivity index (χ1) is 19.2. The number of hydrogen-bond donors (Lipinski definition) is 3. The summed E-state index contributed by atoms with van der Waals surface area (Å²) in [7, 11) is 1.35. The van der Waals surface area contributed by atoms with E-state index in [2.05, 4.69) is 15.4 Å². The second kappa shape index (κ2) is 12.6. The molecule has 0 bridgehead atoms. The maximum Gasteiger partial charge on any atom is 0.490 e. The van der Waals surface area contributed by atoms with Crippen molar-refractivity contribution in [2.45, 2.75) is 12.7 Å². The lowest BCUT2D eigenvalue weighted by Gasteiger charge is -2.13. The second-order valence-corrected chi connectivity index (χ2v) is 8.57. The van der Waals surface area contributed by atoms with Crippen LogP contribution >= 0.6 is 23.2 Å². The summed E-state index contributed by atoms with van der Waals surface area (Å²) in [6.07, 6.45) is -3.82. The maximum absolute atomic E-state index is 15.1. The number of carboxylic acids is 1. The molecule has 0 saturated carbocycles. The minimum atomic E-state index is -5.08. The number of aliphatic carboxylic acids is 1. The Labute approximate surface area is 237 Å². The number of rotatable bonds is 6. The van der Waals surface area contributed by atoms with E-state index in [1.54, 1.807) is 0 Å². The number of carbonyl (C=O) groups is 2. The van der Waals surface area contributed by atoms with Crippen LogP contribution in [0.25, 0.3) is 11.3 Å². The van der Waals surface area contributed by atoms with E-state index in [-0.39, 0.29) is 56.5 Å². The number of methoxy groups -OCH3 is 1. The molecule has 0 spiro atoms. The zero-order valence-electron chi connectivity index (χ0n) is 20.3. The molecule has 0 saturated heterocycles. The molecule has 2 aromatic rings. The highest BCUT2D eigenvalue weighted by atomic mass is 35.5. The summed E-state index contributed by atoms with van der Waals surface area (Å²) in [5.74, 6) is -4.26. The van der Waals surface area contributed by atoms with Crippen molar-refractivity contribution in [3.8, 4) is 34.7 Å². The number of benzene rings is 2. The van der Waals surface area contributed by atoms with Gasteiger partial charge in [0.2, 0.25) is 0 Å². The molecular formula is C24H15Cl2F4N5O6. The quantitative estimate of drug-likeness (QED) is 0.193. The molecule has 3 N–H and O–H groups in total. The molecule has 214 valence electrons. The second-order valence-electron chi connectivity index (χ2n) is 7.73. The third-order valence-electron chi connectivity index (χ3n) is 4.91. The molecular weight excluding hydrogens is 601 g/mol. The predicted molar refractivity (Wildman–Crippen MR) is 133 cm³/mol. The van der Waals surface area contributed by atoms with Crippen LogP contribution in [-0.2, 0) is 11.3 Å². The molecule has 2 heterocycles. The van der Waals surface area contributed by atoms with Crippen molar-refractivity contribution in [3.63, 3.8) is 0 Å². The number of alkyl halides is 3. The fourth-order valence-electron chi connectivity index (χ4n) is 3.12. The summed E-state index contributed by atoms with van der Waals surface area (Å²) in [5, 5.41) is 32.3. The number of nitriles is 1. The fraction of sp³-hybridized carbons (Fsp3) is 0.125. The first-order valence-electron chi connectivity index (χ1n) is 10.8. The van der Waals surface area contributed by atoms with Crippen molar-refractivity contribution < 1.29 is 46.9 Å². The number of carbonyl (C=O) groups excluding carboxylic acids is 1. The molecule has 2 aromatic carbocycles. The first kappa shape index (κ1) is 30.7. The molecule has 41 heavy (non-hydrogen) atoms. The average molecular weight is 616 g/mol. The van der Waals surface area contributed by atoms with Crippen LogP contribution in [0.1, 0.15) is 21.6 Å². The van der Waals surface area contributed by atoms with Gasteiger partial charge in [-0.15, -0.1) is 4.85 Å². The lowest BCUT2D eigenvalue weighted by atomic mass is 10.2. The Hall–Kier alpha value is -4.81. The maximum atomic E-state index is 15.1. The van der Waals surface area contributed by atoms with Gasteiger partial charge in [0, 0.05) is 22.7 Å². The molecule has 17 heteroatoms. The van der Waals surface area contributed by atoms with Gasteiger partial charge in [0.25, 0.3) is 11.8 Å². The highest BCUT2D eigenvalue weighted by Crippen LogP contribution is 2.35. The van der Waals surface area contributed by atoms with Crippen LogP contribution < -0.4 is 14.8 Å². The highest BCUT2D eigenvalue weighted by Gasteiger charge is 2.38. The van der Waals surface area contributed by atoms with Crippen LogP contribution in [0, 0.1) is 17.1 Å². The molecule has 2 aliphatic rings. The Balaban J connectivity index is 0.000000587. The van der Waals surface area contributed by atoms with Crippen LogP contribution in [-0.4, -0.2) is 50.4 Å². The lowest BCUT2D eigenvalue weighted by Crippen LogP contribution is -2.23. The smallest absolute Gasteiger partial charge is 0.478 e. The van der Waals surface area contributed by atoms with Gasteiger partial charge in [-0.25, -0.2) is 14.2 Å². The minimum Gasteiger partial charge on any atom is -0.478 e. The van der Waals surface area contributed by atoms with Gasteiger partial charge in [-0.2, -0.15) is 18.4 Å². The van der Waals surface area contributed by atoms with Gasteiger partial charge in [-0.1, -0.05) is 34.4 Å². The fourth-order valence-corrected chi connectivity index (χ4v) is 3.53. The zero-order valence-corrected chi connectivity index (χ0v) is 21.8. The normalized spacial score (nSPS) is 10.8. The highest BCUT2D eigenvalue weighted by molar-refractivity contribution is 6.32. The topological polar surface area (TPSA) is 160 Å². The summed E-state index contributed by atoms with van der Waals surface area (Å²) in [6, 6.07) is 10.4. The van der Waals surface area contributed by atoms with E-state index in [4.69, 9.17) is 47.8 Å². The predicted octanol–water partition coefficient (Wildman–Crippen LogP) is 5.30. The van der Waals surface area contributed by atoms with E-state index in [1.165, 1.54) is 49.7 Å². The van der Waals surface area contributed by atoms with Gasteiger partial charge >= 0.3 is 12.1 Å². The van der Waals surface area contributed by atoms with Crippen molar-refractivity contribution >= 4 is 35.1 Å². The van der Waals surface area contributed by atoms with E-state index in [1.807, 2.05) is 6.07 Å². The van der Waals surface area contributed by atoms with E-state index < -0.39 is 23.9 Å². The standard InChI is InChI=1S/C22H14Cl2FN5O4.C2HF3O2/c1-33-22-19-13(10-30(32)29-22)6-17(28-19)21(31)27-9-12-2-3-16(24)20(18(12)25)34-15-5-11(8-26)4-14(23)7-15;3-2(4,5)1(6)7/h2-7,10,32H,9H2,1H3,(H,27,31);(H,6,7). The summed E-state index contributed by atoms with van der Waals surface area (Å²) in [4.78, 5) is 26.2.